The number of rotatable bonds is 5. The van der Waals surface area contributed by atoms with E-state index in [9.17, 15) is 8.78 Å². The largest absolute Gasteiger partial charge is 0.203 e. The van der Waals surface area contributed by atoms with Gasteiger partial charge in [-0.2, -0.15) is 0 Å². The van der Waals surface area contributed by atoms with E-state index < -0.39 is 11.6 Å². The van der Waals surface area contributed by atoms with E-state index in [4.69, 9.17) is 0 Å². The normalized spacial score (nSPS) is 27.2. The molecule has 1 fully saturated rings. The summed E-state index contributed by atoms with van der Waals surface area (Å²) < 4.78 is 28.7. The van der Waals surface area contributed by atoms with Crippen molar-refractivity contribution >= 4 is 5.57 Å². The standard InChI is InChI=1S/C23H32F2/c1-3-5-20-14-15-21(23(25)22(20)24)19-12-10-18(11-13-19)17-8-6-16(4-2)7-9-17/h12,14-18H,3-11,13H2,1-2H3. The van der Waals surface area contributed by atoms with Gasteiger partial charge in [-0.25, -0.2) is 8.78 Å². The molecule has 2 aliphatic carbocycles. The van der Waals surface area contributed by atoms with Gasteiger partial charge in [-0.1, -0.05) is 57.7 Å². The van der Waals surface area contributed by atoms with Crippen LogP contribution < -0.4 is 0 Å². The monoisotopic (exact) mass is 346 g/mol. The first-order valence-corrected chi connectivity index (χ1v) is 10.3. The molecule has 0 aliphatic heterocycles. The number of benzene rings is 1. The highest BCUT2D eigenvalue weighted by molar-refractivity contribution is 5.67. The number of aryl methyl sites for hydroxylation is 1. The van der Waals surface area contributed by atoms with Gasteiger partial charge >= 0.3 is 0 Å². The van der Waals surface area contributed by atoms with Gasteiger partial charge in [0, 0.05) is 5.56 Å². The predicted molar refractivity (Wildman–Crippen MR) is 101 cm³/mol. The lowest BCUT2D eigenvalue weighted by Gasteiger charge is -2.35. The number of hydrogen-bond acceptors (Lipinski definition) is 0. The summed E-state index contributed by atoms with van der Waals surface area (Å²) in [6, 6.07) is 3.57. The summed E-state index contributed by atoms with van der Waals surface area (Å²) in [5.41, 5.74) is 2.01. The molecule has 0 aromatic heterocycles. The second-order valence-corrected chi connectivity index (χ2v) is 8.10. The van der Waals surface area contributed by atoms with Gasteiger partial charge in [0.1, 0.15) is 0 Å². The third kappa shape index (κ3) is 4.15. The number of allylic oxidation sites excluding steroid dienone is 2. The second-order valence-electron chi connectivity index (χ2n) is 8.10. The van der Waals surface area contributed by atoms with Crippen LogP contribution in [-0.2, 0) is 6.42 Å². The fourth-order valence-corrected chi connectivity index (χ4v) is 4.89. The highest BCUT2D eigenvalue weighted by Crippen LogP contribution is 2.42. The van der Waals surface area contributed by atoms with Gasteiger partial charge in [0.05, 0.1) is 0 Å². The first-order chi connectivity index (χ1) is 12.1. The Morgan fingerprint density at radius 3 is 2.28 bits per heavy atom. The van der Waals surface area contributed by atoms with Crippen molar-refractivity contribution in [2.75, 3.05) is 0 Å². The Morgan fingerprint density at radius 1 is 0.920 bits per heavy atom. The minimum Gasteiger partial charge on any atom is -0.203 e. The van der Waals surface area contributed by atoms with Crippen molar-refractivity contribution in [1.29, 1.82) is 0 Å². The van der Waals surface area contributed by atoms with Crippen LogP contribution in [0.5, 0.6) is 0 Å². The van der Waals surface area contributed by atoms with Crippen LogP contribution in [0.4, 0.5) is 8.78 Å². The highest BCUT2D eigenvalue weighted by atomic mass is 19.2. The molecule has 1 saturated carbocycles. The van der Waals surface area contributed by atoms with Crippen molar-refractivity contribution in [3.8, 4) is 0 Å². The third-order valence-electron chi connectivity index (χ3n) is 6.61. The van der Waals surface area contributed by atoms with Crippen molar-refractivity contribution in [2.45, 2.75) is 78.1 Å². The molecule has 0 nitrogen and oxygen atoms in total. The molecule has 1 aromatic rings. The van der Waals surface area contributed by atoms with Gasteiger partial charge in [0.2, 0.25) is 0 Å². The molecular formula is C23H32F2. The molecule has 0 heterocycles. The highest BCUT2D eigenvalue weighted by Gasteiger charge is 2.29. The van der Waals surface area contributed by atoms with Gasteiger partial charge < -0.3 is 0 Å². The lowest BCUT2D eigenvalue weighted by Crippen LogP contribution is -2.23. The van der Waals surface area contributed by atoms with E-state index in [0.717, 1.165) is 49.0 Å². The number of hydrogen-bond donors (Lipinski definition) is 0. The Kier molecular flexibility index (Phi) is 6.30. The van der Waals surface area contributed by atoms with E-state index >= 15 is 0 Å². The average molecular weight is 347 g/mol. The fourth-order valence-electron chi connectivity index (χ4n) is 4.89. The molecular weight excluding hydrogens is 314 g/mol. The van der Waals surface area contributed by atoms with E-state index in [-0.39, 0.29) is 0 Å². The topological polar surface area (TPSA) is 0 Å². The van der Waals surface area contributed by atoms with Crippen LogP contribution in [-0.4, -0.2) is 0 Å². The van der Waals surface area contributed by atoms with Crippen LogP contribution in [0.15, 0.2) is 18.2 Å². The van der Waals surface area contributed by atoms with Crippen molar-refractivity contribution < 1.29 is 8.78 Å². The Morgan fingerprint density at radius 2 is 1.68 bits per heavy atom. The Balaban J connectivity index is 1.66. The van der Waals surface area contributed by atoms with Crippen LogP contribution in [0.3, 0.4) is 0 Å². The summed E-state index contributed by atoms with van der Waals surface area (Å²) in [5.74, 6) is 1.24. The van der Waals surface area contributed by atoms with Crippen molar-refractivity contribution in [3.63, 3.8) is 0 Å². The summed E-state index contributed by atoms with van der Waals surface area (Å²) in [6.07, 6.45) is 13.5. The van der Waals surface area contributed by atoms with Crippen molar-refractivity contribution in [2.24, 2.45) is 17.8 Å². The van der Waals surface area contributed by atoms with Crippen LogP contribution >= 0.6 is 0 Å². The fraction of sp³-hybridized carbons (Fsp3) is 0.652. The van der Waals surface area contributed by atoms with E-state index in [1.807, 2.05) is 6.92 Å². The summed E-state index contributed by atoms with van der Waals surface area (Å²) in [4.78, 5) is 0. The first kappa shape index (κ1) is 18.6. The van der Waals surface area contributed by atoms with Crippen LogP contribution in [0, 0.1) is 29.4 Å². The average Bonchev–Trinajstić information content (AvgIpc) is 2.66. The van der Waals surface area contributed by atoms with E-state index in [2.05, 4.69) is 13.0 Å². The maximum atomic E-state index is 14.5. The van der Waals surface area contributed by atoms with E-state index in [0.29, 0.717) is 17.5 Å². The Hall–Kier alpha value is -1.18. The maximum absolute atomic E-state index is 14.5. The predicted octanol–water partition coefficient (Wildman–Crippen LogP) is 7.32. The summed E-state index contributed by atoms with van der Waals surface area (Å²) in [7, 11) is 0. The second kappa shape index (κ2) is 8.47. The van der Waals surface area contributed by atoms with Gasteiger partial charge in [0.25, 0.3) is 0 Å². The molecule has 0 bridgehead atoms. The summed E-state index contributed by atoms with van der Waals surface area (Å²) >= 11 is 0. The molecule has 1 atom stereocenters. The minimum atomic E-state index is -0.640. The first-order valence-electron chi connectivity index (χ1n) is 10.3. The molecule has 2 aliphatic rings. The molecule has 0 spiro atoms. The zero-order valence-corrected chi connectivity index (χ0v) is 15.8. The Labute approximate surface area is 151 Å². The lowest BCUT2D eigenvalue weighted by molar-refractivity contribution is 0.192. The molecule has 0 amide bonds. The third-order valence-corrected chi connectivity index (χ3v) is 6.61. The van der Waals surface area contributed by atoms with Gasteiger partial charge in [-0.05, 0) is 67.4 Å². The molecule has 0 N–H and O–H groups in total. The molecule has 0 radical (unpaired) electrons. The molecule has 138 valence electrons. The lowest BCUT2D eigenvalue weighted by atomic mass is 9.70. The quantitative estimate of drug-likeness (QED) is 0.524. The van der Waals surface area contributed by atoms with Crippen LogP contribution in [0.1, 0.15) is 82.8 Å². The zero-order chi connectivity index (χ0) is 17.8. The van der Waals surface area contributed by atoms with Crippen LogP contribution in [0.25, 0.3) is 5.57 Å². The smallest absolute Gasteiger partial charge is 0.166 e. The summed E-state index contributed by atoms with van der Waals surface area (Å²) in [6.45, 7) is 4.29. The van der Waals surface area contributed by atoms with Gasteiger partial charge in [-0.3, -0.25) is 0 Å². The minimum absolute atomic E-state index is 0.491. The molecule has 1 aromatic carbocycles. The molecule has 25 heavy (non-hydrogen) atoms. The van der Waals surface area contributed by atoms with Gasteiger partial charge in [0.15, 0.2) is 11.6 Å². The molecule has 3 rings (SSSR count). The zero-order valence-electron chi connectivity index (χ0n) is 15.8. The SMILES string of the molecule is CCCc1ccc(C2=CCC(C3CCC(CC)CC3)CC2)c(F)c1F. The maximum Gasteiger partial charge on any atom is 0.166 e. The molecule has 0 saturated heterocycles. The van der Waals surface area contributed by atoms with E-state index in [1.54, 1.807) is 12.1 Å². The number of halogens is 2. The van der Waals surface area contributed by atoms with E-state index in [1.165, 1.54) is 32.1 Å². The Bertz CT molecular complexity index is 609. The van der Waals surface area contributed by atoms with Crippen LogP contribution in [0.2, 0.25) is 0 Å². The van der Waals surface area contributed by atoms with Crippen molar-refractivity contribution in [3.05, 3.63) is 41.0 Å². The summed E-state index contributed by atoms with van der Waals surface area (Å²) in [5, 5.41) is 0. The molecule has 2 heteroatoms. The molecule has 1 unspecified atom stereocenters. The van der Waals surface area contributed by atoms with Gasteiger partial charge in [-0.15, -0.1) is 0 Å². The van der Waals surface area contributed by atoms with Crippen molar-refractivity contribution in [1.82, 2.24) is 0 Å².